The molecule has 2 bridgehead atoms. The molecule has 4 heterocycles. The van der Waals surface area contributed by atoms with Gasteiger partial charge in [0.25, 0.3) is 5.91 Å². The molecule has 2 saturated carbocycles. The monoisotopic (exact) mass is 596 g/mol. The first kappa shape index (κ1) is 28.8. The second kappa shape index (κ2) is 11.9. The van der Waals surface area contributed by atoms with Crippen molar-refractivity contribution in [2.45, 2.75) is 76.9 Å². The van der Waals surface area contributed by atoms with Gasteiger partial charge in [0, 0.05) is 42.6 Å². The Morgan fingerprint density at radius 1 is 1.00 bits per heavy atom. The lowest BCUT2D eigenvalue weighted by atomic mass is 9.90. The molecule has 10 heteroatoms. The quantitative estimate of drug-likeness (QED) is 0.304. The fraction of sp³-hybridized carbons (Fsp3) is 0.529. The van der Waals surface area contributed by atoms with Crippen molar-refractivity contribution in [3.05, 3.63) is 47.8 Å². The van der Waals surface area contributed by atoms with Crippen molar-refractivity contribution in [3.63, 3.8) is 0 Å². The summed E-state index contributed by atoms with van der Waals surface area (Å²) in [5.74, 6) is 2.25. The molecular weight excluding hydrogens is 552 g/mol. The Morgan fingerprint density at radius 3 is 2.59 bits per heavy atom. The molecule has 3 aromatic heterocycles. The molecule has 7 rings (SSSR count). The van der Waals surface area contributed by atoms with E-state index in [4.69, 9.17) is 14.7 Å². The van der Waals surface area contributed by atoms with Gasteiger partial charge in [-0.25, -0.2) is 9.67 Å². The Bertz CT molecular complexity index is 1660. The van der Waals surface area contributed by atoms with Gasteiger partial charge in [0.05, 0.1) is 35.1 Å². The van der Waals surface area contributed by atoms with Crippen molar-refractivity contribution >= 4 is 28.6 Å². The highest BCUT2D eigenvalue weighted by Gasteiger charge is 2.32. The summed E-state index contributed by atoms with van der Waals surface area (Å²) in [5, 5.41) is 11.4. The largest absolute Gasteiger partial charge is 0.477 e. The molecule has 1 aromatic carbocycles. The number of benzene rings is 1. The predicted molar refractivity (Wildman–Crippen MR) is 173 cm³/mol. The first-order valence-corrected chi connectivity index (χ1v) is 16.2. The average molecular weight is 597 g/mol. The van der Waals surface area contributed by atoms with Crippen LogP contribution < -0.4 is 15.4 Å². The summed E-state index contributed by atoms with van der Waals surface area (Å²) >= 11 is 0. The highest BCUT2D eigenvalue weighted by atomic mass is 16.5. The maximum Gasteiger partial charge on any atom is 0.258 e. The molecule has 1 atom stereocenters. The van der Waals surface area contributed by atoms with Crippen LogP contribution in [0.5, 0.6) is 5.88 Å². The summed E-state index contributed by atoms with van der Waals surface area (Å²) in [5.41, 5.74) is 5.83. The summed E-state index contributed by atoms with van der Waals surface area (Å²) in [4.78, 5) is 25.9. The first-order valence-electron chi connectivity index (χ1n) is 16.2. The Hall–Kier alpha value is -3.92. The van der Waals surface area contributed by atoms with E-state index in [-0.39, 0.29) is 5.91 Å². The first-order chi connectivity index (χ1) is 21.3. The van der Waals surface area contributed by atoms with Crippen LogP contribution in [0.4, 0.5) is 11.6 Å². The van der Waals surface area contributed by atoms with Gasteiger partial charge in [0.2, 0.25) is 11.8 Å². The number of ether oxygens (including phenoxy) is 1. The van der Waals surface area contributed by atoms with Crippen LogP contribution >= 0.6 is 0 Å². The van der Waals surface area contributed by atoms with E-state index in [1.807, 2.05) is 26.1 Å². The standard InChI is InChI=1S/C34H44N8O2/c1-21-16-24-17-30(36-21)28-19-35-41(4)33(28)44-15-5-6-23(22-7-8-22)20-42-31-18-26(11-14-29(31)38-34(42)39-32(24)43)37-25-9-12-27(13-10-25)40(2)3/h11,14,16-19,22-23,25,27,37H,5-10,12-13,15,20H2,1-4H3,(H,38,39,43)/t23-,25?,27?/m1/s1. The molecule has 10 nitrogen and oxygen atoms in total. The van der Waals surface area contributed by atoms with E-state index in [0.29, 0.717) is 53.6 Å². The number of anilines is 2. The summed E-state index contributed by atoms with van der Waals surface area (Å²) in [6.07, 6.45) is 11.0. The topological polar surface area (TPSA) is 102 Å². The van der Waals surface area contributed by atoms with Gasteiger partial charge in [-0.3, -0.25) is 15.1 Å². The number of carbonyl (C=O) groups excluding carboxylic acids is 1. The van der Waals surface area contributed by atoms with E-state index in [1.165, 1.54) is 38.5 Å². The predicted octanol–water partition coefficient (Wildman–Crippen LogP) is 5.88. The molecule has 0 saturated heterocycles. The minimum absolute atomic E-state index is 0.200. The number of imidazole rings is 1. The Kier molecular flexibility index (Phi) is 7.78. The van der Waals surface area contributed by atoms with Gasteiger partial charge < -0.3 is 19.5 Å². The van der Waals surface area contributed by atoms with E-state index >= 15 is 0 Å². The third-order valence-corrected chi connectivity index (χ3v) is 9.81. The van der Waals surface area contributed by atoms with Crippen LogP contribution in [0.1, 0.15) is 67.4 Å². The van der Waals surface area contributed by atoms with Crippen LogP contribution in [-0.2, 0) is 13.6 Å². The van der Waals surface area contributed by atoms with E-state index in [9.17, 15) is 4.79 Å². The molecule has 2 N–H and O–H groups in total. The van der Waals surface area contributed by atoms with Crippen LogP contribution in [0.15, 0.2) is 36.5 Å². The van der Waals surface area contributed by atoms with Crippen molar-refractivity contribution in [1.82, 2.24) is 29.2 Å². The molecule has 0 spiro atoms. The molecule has 1 amide bonds. The zero-order valence-corrected chi connectivity index (χ0v) is 26.3. The zero-order chi connectivity index (χ0) is 30.4. The summed E-state index contributed by atoms with van der Waals surface area (Å²) in [7, 11) is 6.25. The number of pyridine rings is 1. The maximum absolute atomic E-state index is 13.8. The number of nitrogens with zero attached hydrogens (tertiary/aromatic N) is 6. The van der Waals surface area contributed by atoms with Gasteiger partial charge in [-0.2, -0.15) is 5.10 Å². The van der Waals surface area contributed by atoms with E-state index in [2.05, 4.69) is 57.5 Å². The number of hydrogen-bond acceptors (Lipinski definition) is 7. The van der Waals surface area contributed by atoms with Crippen molar-refractivity contribution < 1.29 is 9.53 Å². The Morgan fingerprint density at radius 2 is 1.82 bits per heavy atom. The van der Waals surface area contributed by atoms with Crippen LogP contribution in [0.25, 0.3) is 22.3 Å². The van der Waals surface area contributed by atoms with E-state index in [1.54, 1.807) is 10.9 Å². The number of aromatic nitrogens is 5. The van der Waals surface area contributed by atoms with Gasteiger partial charge in [-0.15, -0.1) is 0 Å². The van der Waals surface area contributed by atoms with Gasteiger partial charge in [0.1, 0.15) is 0 Å². The van der Waals surface area contributed by atoms with E-state index < -0.39 is 0 Å². The molecule has 2 aliphatic carbocycles. The number of fused-ring (bicyclic) bond motifs is 7. The second-order valence-corrected chi connectivity index (χ2v) is 13.3. The number of rotatable bonds is 4. The molecule has 44 heavy (non-hydrogen) atoms. The normalized spacial score (nSPS) is 22.8. The fourth-order valence-electron chi connectivity index (χ4n) is 7.14. The third kappa shape index (κ3) is 5.92. The van der Waals surface area contributed by atoms with Gasteiger partial charge in [-0.1, -0.05) is 0 Å². The minimum atomic E-state index is -0.200. The fourth-order valence-corrected chi connectivity index (χ4v) is 7.14. The number of aryl methyl sites for hydroxylation is 2. The van der Waals surface area contributed by atoms with Crippen LogP contribution in [0.2, 0.25) is 0 Å². The van der Waals surface area contributed by atoms with Crippen molar-refractivity contribution in [2.24, 2.45) is 18.9 Å². The van der Waals surface area contributed by atoms with Crippen LogP contribution in [0.3, 0.4) is 0 Å². The summed E-state index contributed by atoms with van der Waals surface area (Å²) < 4.78 is 10.3. The van der Waals surface area contributed by atoms with Gasteiger partial charge in [0.15, 0.2) is 0 Å². The molecule has 4 aromatic rings. The highest BCUT2D eigenvalue weighted by molar-refractivity contribution is 6.05. The second-order valence-electron chi connectivity index (χ2n) is 13.3. The summed E-state index contributed by atoms with van der Waals surface area (Å²) in [6, 6.07) is 11.2. The SMILES string of the molecule is Cc1cc2cc(n1)-c1cnn(C)c1OCCC[C@@H](C1CC1)Cn1c(nc3ccc(NC4CCC(N(C)C)CC4)cc31)NC2=O. The van der Waals surface area contributed by atoms with Gasteiger partial charge >= 0.3 is 0 Å². The Labute approximate surface area is 259 Å². The molecule has 232 valence electrons. The molecule has 2 fully saturated rings. The Balaban J connectivity index is 1.23. The van der Waals surface area contributed by atoms with Crippen LogP contribution in [0, 0.1) is 18.8 Å². The molecule has 0 radical (unpaired) electrons. The summed E-state index contributed by atoms with van der Waals surface area (Å²) in [6.45, 7) is 3.32. The number of hydrogen-bond donors (Lipinski definition) is 2. The molecule has 0 unspecified atom stereocenters. The van der Waals surface area contributed by atoms with Gasteiger partial charge in [-0.05, 0) is 115 Å². The lowest BCUT2D eigenvalue weighted by Crippen LogP contribution is -2.36. The lowest BCUT2D eigenvalue weighted by molar-refractivity contribution is 0.102. The zero-order valence-electron chi connectivity index (χ0n) is 26.3. The van der Waals surface area contributed by atoms with Crippen molar-refractivity contribution in [2.75, 3.05) is 31.3 Å². The average Bonchev–Trinajstić information content (AvgIpc) is 3.71. The smallest absolute Gasteiger partial charge is 0.258 e. The van der Waals surface area contributed by atoms with Crippen molar-refractivity contribution in [3.8, 4) is 17.1 Å². The van der Waals surface area contributed by atoms with Crippen LogP contribution in [-0.4, -0.2) is 67.9 Å². The lowest BCUT2D eigenvalue weighted by Gasteiger charge is -2.33. The van der Waals surface area contributed by atoms with Crippen molar-refractivity contribution in [1.29, 1.82) is 0 Å². The molecule has 1 aliphatic heterocycles. The highest BCUT2D eigenvalue weighted by Crippen LogP contribution is 2.41. The third-order valence-electron chi connectivity index (χ3n) is 9.81. The maximum atomic E-state index is 13.8. The number of amides is 1. The number of nitrogens with one attached hydrogen (secondary N) is 2. The molecular formula is C34H44N8O2. The van der Waals surface area contributed by atoms with E-state index in [0.717, 1.165) is 47.4 Å². The molecule has 3 aliphatic rings. The number of carbonyl (C=O) groups is 1. The minimum Gasteiger partial charge on any atom is -0.477 e.